The van der Waals surface area contributed by atoms with E-state index in [-0.39, 0.29) is 17.9 Å². The summed E-state index contributed by atoms with van der Waals surface area (Å²) in [5.41, 5.74) is 2.05. The van der Waals surface area contributed by atoms with Crippen molar-refractivity contribution in [1.82, 2.24) is 15.2 Å². The number of nitrogens with one attached hydrogen (secondary N) is 2. The van der Waals surface area contributed by atoms with Crippen molar-refractivity contribution in [3.8, 4) is 28.7 Å². The number of nitrogens with zero attached hydrogens (tertiary/aromatic N) is 2. The predicted molar refractivity (Wildman–Crippen MR) is 164 cm³/mol. The fourth-order valence-corrected chi connectivity index (χ4v) is 5.19. The lowest BCUT2D eigenvalue weighted by Gasteiger charge is -2.26. The van der Waals surface area contributed by atoms with E-state index in [9.17, 15) is 9.18 Å². The Morgan fingerprint density at radius 3 is 2.50 bits per heavy atom. The van der Waals surface area contributed by atoms with E-state index in [1.165, 1.54) is 12.1 Å². The summed E-state index contributed by atoms with van der Waals surface area (Å²) in [4.78, 5) is 19.5. The van der Waals surface area contributed by atoms with Gasteiger partial charge in [-0.1, -0.05) is 12.1 Å². The Kier molecular flexibility index (Phi) is 9.23. The number of pyridine rings is 1. The molecule has 3 aromatic carbocycles. The zero-order valence-electron chi connectivity index (χ0n) is 24.5. The van der Waals surface area contributed by atoms with Gasteiger partial charge < -0.3 is 34.3 Å². The summed E-state index contributed by atoms with van der Waals surface area (Å²) < 4.78 is 43.1. The molecule has 6 rings (SSSR count). The molecule has 10 nitrogen and oxygen atoms in total. The first kappa shape index (κ1) is 29.5. The Labute approximate surface area is 255 Å². The van der Waals surface area contributed by atoms with Crippen molar-refractivity contribution in [1.29, 1.82) is 0 Å². The number of fused-ring (bicyclic) bond motifs is 3. The number of rotatable bonds is 10. The number of anilines is 1. The molecular weight excluding hydrogens is 567 g/mol. The highest BCUT2D eigenvalue weighted by molar-refractivity contribution is 5.95. The maximum absolute atomic E-state index is 13.2. The Hall–Kier alpha value is -4.61. The van der Waals surface area contributed by atoms with Crippen LogP contribution in [0.2, 0.25) is 0 Å². The summed E-state index contributed by atoms with van der Waals surface area (Å²) in [6, 6.07) is 16.0. The van der Waals surface area contributed by atoms with Crippen LogP contribution >= 0.6 is 0 Å². The third-order valence-corrected chi connectivity index (χ3v) is 7.48. The fourth-order valence-electron chi connectivity index (χ4n) is 5.19. The lowest BCUT2D eigenvalue weighted by Crippen LogP contribution is -2.37. The zero-order valence-corrected chi connectivity index (χ0v) is 24.5. The minimum atomic E-state index is -0.376. The molecule has 11 heteroatoms. The second-order valence-corrected chi connectivity index (χ2v) is 10.6. The van der Waals surface area contributed by atoms with Crippen LogP contribution in [0.15, 0.2) is 66.9 Å². The second kappa shape index (κ2) is 13.8. The average Bonchev–Trinajstić information content (AvgIpc) is 3.04. The molecule has 0 saturated carbocycles. The highest BCUT2D eigenvalue weighted by Crippen LogP contribution is 2.48. The summed E-state index contributed by atoms with van der Waals surface area (Å²) in [7, 11) is 0. The first-order valence-corrected chi connectivity index (χ1v) is 14.8. The van der Waals surface area contributed by atoms with E-state index in [4.69, 9.17) is 23.7 Å². The van der Waals surface area contributed by atoms with Gasteiger partial charge in [-0.3, -0.25) is 9.88 Å². The molecule has 3 heterocycles. The maximum atomic E-state index is 13.2. The van der Waals surface area contributed by atoms with Gasteiger partial charge in [-0.05, 0) is 61.4 Å². The summed E-state index contributed by atoms with van der Waals surface area (Å²) >= 11 is 0. The van der Waals surface area contributed by atoms with E-state index in [0.717, 1.165) is 44.8 Å². The summed E-state index contributed by atoms with van der Waals surface area (Å²) in [6.45, 7) is 7.58. The number of halogens is 1. The molecule has 2 amide bonds. The Morgan fingerprint density at radius 1 is 0.977 bits per heavy atom. The molecule has 1 fully saturated rings. The lowest BCUT2D eigenvalue weighted by atomic mass is 10.1. The van der Waals surface area contributed by atoms with Crippen LogP contribution in [0.5, 0.6) is 28.7 Å². The first-order valence-electron chi connectivity index (χ1n) is 14.8. The number of hydrogen-bond acceptors (Lipinski definition) is 8. The van der Waals surface area contributed by atoms with Crippen LogP contribution in [0.1, 0.15) is 24.9 Å². The van der Waals surface area contributed by atoms with Gasteiger partial charge in [0, 0.05) is 37.6 Å². The number of urea groups is 1. The van der Waals surface area contributed by atoms with Crippen molar-refractivity contribution in [2.45, 2.75) is 19.4 Å². The van der Waals surface area contributed by atoms with Gasteiger partial charge in [0.2, 0.25) is 5.75 Å². The summed E-state index contributed by atoms with van der Waals surface area (Å²) in [5, 5.41) is 6.36. The van der Waals surface area contributed by atoms with Gasteiger partial charge in [0.05, 0.1) is 36.8 Å². The van der Waals surface area contributed by atoms with Crippen molar-refractivity contribution >= 4 is 22.6 Å². The lowest BCUT2D eigenvalue weighted by molar-refractivity contribution is 0.0357. The highest BCUT2D eigenvalue weighted by Gasteiger charge is 2.25. The molecule has 1 aromatic heterocycles. The van der Waals surface area contributed by atoms with Crippen molar-refractivity contribution in [3.05, 3.63) is 78.2 Å². The fraction of sp³-hybridized carbons (Fsp3) is 0.333. The van der Waals surface area contributed by atoms with Crippen LogP contribution in [-0.2, 0) is 4.74 Å². The smallest absolute Gasteiger partial charge is 0.319 e. The minimum Gasteiger partial charge on any atom is -0.489 e. The van der Waals surface area contributed by atoms with E-state index in [0.29, 0.717) is 65.2 Å². The van der Waals surface area contributed by atoms with Crippen LogP contribution in [0, 0.1) is 5.82 Å². The van der Waals surface area contributed by atoms with Gasteiger partial charge >= 0.3 is 6.03 Å². The number of carbonyl (C=O) groups is 1. The first-order chi connectivity index (χ1) is 21.5. The highest BCUT2D eigenvalue weighted by atomic mass is 19.1. The Morgan fingerprint density at radius 2 is 1.73 bits per heavy atom. The molecule has 0 radical (unpaired) electrons. The van der Waals surface area contributed by atoms with Crippen LogP contribution in [0.4, 0.5) is 14.9 Å². The zero-order chi connectivity index (χ0) is 30.3. The minimum absolute atomic E-state index is 0.295. The quantitative estimate of drug-likeness (QED) is 0.216. The predicted octanol–water partition coefficient (Wildman–Crippen LogP) is 5.92. The number of morpholine rings is 1. The van der Waals surface area contributed by atoms with Gasteiger partial charge in [-0.25, -0.2) is 9.18 Å². The molecular formula is C33H35FN4O6. The summed E-state index contributed by atoms with van der Waals surface area (Å²) in [6.07, 6.45) is 2.56. The van der Waals surface area contributed by atoms with Crippen molar-refractivity contribution in [3.63, 3.8) is 0 Å². The van der Waals surface area contributed by atoms with E-state index < -0.39 is 0 Å². The molecule has 230 valence electrons. The van der Waals surface area contributed by atoms with Gasteiger partial charge in [-0.15, -0.1) is 0 Å². The number of hydrogen-bond donors (Lipinski definition) is 2. The number of amides is 2. The molecule has 0 bridgehead atoms. The van der Waals surface area contributed by atoms with E-state index >= 15 is 0 Å². The topological polar surface area (TPSA) is 103 Å². The molecule has 2 N–H and O–H groups in total. The normalized spacial score (nSPS) is 15.4. The molecule has 0 spiro atoms. The Bertz CT molecular complexity index is 1580. The third-order valence-electron chi connectivity index (χ3n) is 7.48. The van der Waals surface area contributed by atoms with Gasteiger partial charge in [0.1, 0.15) is 30.5 Å². The van der Waals surface area contributed by atoms with Crippen LogP contribution in [-0.4, -0.2) is 68.6 Å². The van der Waals surface area contributed by atoms with Crippen molar-refractivity contribution in [2.24, 2.45) is 0 Å². The van der Waals surface area contributed by atoms with Crippen LogP contribution in [0.25, 0.3) is 10.9 Å². The van der Waals surface area contributed by atoms with Crippen molar-refractivity contribution < 1.29 is 32.9 Å². The molecule has 2 aliphatic rings. The molecule has 44 heavy (non-hydrogen) atoms. The number of ether oxygens (including phenoxy) is 5. The monoisotopic (exact) mass is 602 g/mol. The van der Waals surface area contributed by atoms with Crippen LogP contribution < -0.4 is 29.6 Å². The van der Waals surface area contributed by atoms with E-state index in [1.54, 1.807) is 48.7 Å². The van der Waals surface area contributed by atoms with Crippen molar-refractivity contribution in [2.75, 3.05) is 58.0 Å². The van der Waals surface area contributed by atoms with Gasteiger partial charge in [0.25, 0.3) is 0 Å². The third kappa shape index (κ3) is 7.12. The largest absolute Gasteiger partial charge is 0.489 e. The van der Waals surface area contributed by atoms with Gasteiger partial charge in [0.15, 0.2) is 11.5 Å². The maximum Gasteiger partial charge on any atom is 0.319 e. The number of aromatic nitrogens is 1. The second-order valence-electron chi connectivity index (χ2n) is 10.6. The standard InChI is InChI=1S/C33H35FN4O6/c1-22(23-3-5-24(34)6-4-23)36-33(39)37-25-7-9-26(10-8-25)44-28-11-12-35-27-21-29(31-32(30(27)28)43-20-19-42-31)41-16-2-13-38-14-17-40-18-15-38/h3-12,21-22H,2,13-20H2,1H3,(H2,36,37,39)/t22-/m1/s1. The number of benzene rings is 3. The SMILES string of the molecule is C[C@@H](NC(=O)Nc1ccc(Oc2ccnc3cc(OCCCN4CCOCC4)c4c(c23)OCCO4)cc1)c1ccc(F)cc1. The molecule has 0 unspecified atom stereocenters. The molecule has 4 aromatic rings. The Balaban J connectivity index is 1.11. The van der Waals surface area contributed by atoms with E-state index in [2.05, 4.69) is 20.5 Å². The summed E-state index contributed by atoms with van der Waals surface area (Å²) in [5.74, 6) is 2.50. The molecule has 1 atom stereocenters. The van der Waals surface area contributed by atoms with E-state index in [1.807, 2.05) is 13.0 Å². The molecule has 2 aliphatic heterocycles. The molecule has 0 aliphatic carbocycles. The molecule has 1 saturated heterocycles. The van der Waals surface area contributed by atoms with Crippen LogP contribution in [0.3, 0.4) is 0 Å². The number of carbonyl (C=O) groups excluding carboxylic acids is 1. The van der Waals surface area contributed by atoms with Gasteiger partial charge in [-0.2, -0.15) is 0 Å². The average molecular weight is 603 g/mol.